The van der Waals surface area contributed by atoms with E-state index in [0.29, 0.717) is 61.5 Å². The Morgan fingerprint density at radius 3 is 2.22 bits per heavy atom. The maximum atomic E-state index is 15.4. The summed E-state index contributed by atoms with van der Waals surface area (Å²) in [5.41, 5.74) is 9.22. The fourth-order valence-corrected chi connectivity index (χ4v) is 6.93. The second-order valence-electron chi connectivity index (χ2n) is 13.4. The molecule has 2 aromatic carbocycles. The Hall–Kier alpha value is -3.60. The molecule has 10 heteroatoms. The molecule has 0 saturated carbocycles. The van der Waals surface area contributed by atoms with Crippen LogP contribution in [0, 0.1) is 17.7 Å². The number of carbonyl (C=O) groups excluding carboxylic acids is 2. The average Bonchev–Trinajstić information content (AvgIpc) is 3.06. The lowest BCUT2D eigenvalue weighted by Gasteiger charge is -2.39. The van der Waals surface area contributed by atoms with Crippen LogP contribution in [-0.2, 0) is 11.2 Å². The van der Waals surface area contributed by atoms with Gasteiger partial charge in [-0.15, -0.1) is 0 Å². The Kier molecular flexibility index (Phi) is 11.6. The molecule has 0 aromatic heterocycles. The van der Waals surface area contributed by atoms with E-state index in [0.717, 1.165) is 69.3 Å². The zero-order valence-corrected chi connectivity index (χ0v) is 27.5. The molecule has 5 rings (SSSR count). The number of rotatable bonds is 11. The number of allylic oxidation sites excluding steroid dienone is 1. The molecule has 0 aliphatic carbocycles. The molecule has 248 valence electrons. The van der Waals surface area contributed by atoms with E-state index >= 15 is 4.39 Å². The van der Waals surface area contributed by atoms with Gasteiger partial charge in [-0.3, -0.25) is 19.9 Å². The van der Waals surface area contributed by atoms with Gasteiger partial charge >= 0.3 is 0 Å². The first-order chi connectivity index (χ1) is 22.2. The van der Waals surface area contributed by atoms with E-state index in [9.17, 15) is 9.59 Å². The molecule has 5 N–H and O–H groups in total. The van der Waals surface area contributed by atoms with Crippen LogP contribution in [0.5, 0.6) is 0 Å². The van der Waals surface area contributed by atoms with Gasteiger partial charge in [-0.05, 0) is 67.6 Å². The molecule has 3 fully saturated rings. The van der Waals surface area contributed by atoms with Gasteiger partial charge in [-0.25, -0.2) is 4.39 Å². The normalized spacial score (nSPS) is 19.1. The van der Waals surface area contributed by atoms with Crippen LogP contribution in [0.2, 0.25) is 0 Å². The van der Waals surface area contributed by atoms with E-state index < -0.39 is 5.91 Å². The number of nitrogens with two attached hydrogens (primary N) is 2. The first-order valence-corrected chi connectivity index (χ1v) is 16.9. The second kappa shape index (κ2) is 15.8. The van der Waals surface area contributed by atoms with E-state index in [1.54, 1.807) is 24.3 Å². The molecule has 0 spiro atoms. The predicted molar refractivity (Wildman–Crippen MR) is 181 cm³/mol. The SMILES string of the molecule is CC(C)/C=C(\c1cc(CC(=[NH2+])c2ccccc2C(N)=O)ccc1F)N1CCN(C(=O)CN2CCC(CN3CCNCC3)CC2)CC1. The number of nitrogens with zero attached hydrogens (tertiary/aromatic N) is 4. The molecular weight excluding hydrogens is 581 g/mol. The topological polar surface area (TPSA) is 111 Å². The van der Waals surface area contributed by atoms with Crippen LogP contribution in [0.4, 0.5) is 4.39 Å². The highest BCUT2D eigenvalue weighted by Gasteiger charge is 2.28. The van der Waals surface area contributed by atoms with Gasteiger partial charge in [0.05, 0.1) is 24.1 Å². The van der Waals surface area contributed by atoms with Gasteiger partial charge in [-0.2, -0.15) is 0 Å². The van der Waals surface area contributed by atoms with Gasteiger partial charge in [0, 0.05) is 70.2 Å². The van der Waals surface area contributed by atoms with Gasteiger partial charge in [0.1, 0.15) is 5.82 Å². The third-order valence-corrected chi connectivity index (χ3v) is 9.50. The molecule has 9 nitrogen and oxygen atoms in total. The standard InChI is InChI=1S/C36H50FN7O2/c1-26(2)21-34(31-22-28(7-8-32(31)37)23-33(38)29-5-3-4-6-30(29)36(39)46)43-17-19-44(20-18-43)35(45)25-41-13-9-27(10-14-41)24-42-15-11-40-12-16-42/h3-8,21-22,26-27,38,40H,9-20,23-25H2,1-2H3,(H2,39,46)/p+1/b34-21+,38-33?. The first kappa shape index (κ1) is 33.8. The Morgan fingerprint density at radius 2 is 1.57 bits per heavy atom. The summed E-state index contributed by atoms with van der Waals surface area (Å²) in [6.07, 6.45) is 4.75. The number of amides is 2. The van der Waals surface area contributed by atoms with Crippen molar-refractivity contribution in [2.75, 3.05) is 78.5 Å². The number of piperazine rings is 2. The number of carbonyl (C=O) groups is 2. The molecule has 0 radical (unpaired) electrons. The summed E-state index contributed by atoms with van der Waals surface area (Å²) in [5, 5.41) is 9.88. The maximum Gasteiger partial charge on any atom is 0.249 e. The molecule has 3 heterocycles. The van der Waals surface area contributed by atoms with Gasteiger partial charge in [0.2, 0.25) is 11.8 Å². The van der Waals surface area contributed by atoms with Gasteiger partial charge in [0.25, 0.3) is 0 Å². The highest BCUT2D eigenvalue weighted by atomic mass is 19.1. The fourth-order valence-electron chi connectivity index (χ4n) is 6.93. The Labute approximate surface area is 273 Å². The molecule has 3 aliphatic rings. The summed E-state index contributed by atoms with van der Waals surface area (Å²) < 4.78 is 15.4. The molecule has 46 heavy (non-hydrogen) atoms. The zero-order valence-electron chi connectivity index (χ0n) is 27.5. The molecule has 0 atom stereocenters. The van der Waals surface area contributed by atoms with Crippen LogP contribution in [0.15, 0.2) is 48.5 Å². The summed E-state index contributed by atoms with van der Waals surface area (Å²) in [6, 6.07) is 12.1. The van der Waals surface area contributed by atoms with Crippen LogP contribution >= 0.6 is 0 Å². The van der Waals surface area contributed by atoms with Crippen LogP contribution in [0.3, 0.4) is 0 Å². The number of piperidine rings is 1. The van der Waals surface area contributed by atoms with Crippen LogP contribution < -0.4 is 16.5 Å². The first-order valence-electron chi connectivity index (χ1n) is 16.9. The highest BCUT2D eigenvalue weighted by Crippen LogP contribution is 2.27. The molecule has 0 unspecified atom stereocenters. The van der Waals surface area contributed by atoms with E-state index in [1.165, 1.54) is 12.6 Å². The van der Waals surface area contributed by atoms with Crippen molar-refractivity contribution < 1.29 is 19.4 Å². The lowest BCUT2D eigenvalue weighted by atomic mass is 9.95. The fraction of sp³-hybridized carbons (Fsp3) is 0.528. The second-order valence-corrected chi connectivity index (χ2v) is 13.4. The Bertz CT molecular complexity index is 1400. The molecule has 2 aromatic rings. The number of likely N-dealkylation sites (tertiary alicyclic amines) is 1. The van der Waals surface area contributed by atoms with Crippen LogP contribution in [-0.4, -0.2) is 116 Å². The van der Waals surface area contributed by atoms with Crippen molar-refractivity contribution in [2.45, 2.75) is 33.1 Å². The van der Waals surface area contributed by atoms with E-state index in [2.05, 4.69) is 39.9 Å². The van der Waals surface area contributed by atoms with Crippen molar-refractivity contribution in [2.24, 2.45) is 17.6 Å². The highest BCUT2D eigenvalue weighted by molar-refractivity contribution is 6.08. The molecule has 0 bridgehead atoms. The predicted octanol–water partition coefficient (Wildman–Crippen LogP) is 1.47. The number of nitrogens with one attached hydrogen (secondary N) is 1. The minimum Gasteiger partial charge on any atom is -0.368 e. The average molecular weight is 633 g/mol. The number of halogens is 1. The van der Waals surface area contributed by atoms with Crippen LogP contribution in [0.25, 0.3) is 5.70 Å². The van der Waals surface area contributed by atoms with Gasteiger partial charge < -0.3 is 25.8 Å². The Morgan fingerprint density at radius 1 is 0.913 bits per heavy atom. The zero-order chi connectivity index (χ0) is 32.6. The number of benzene rings is 2. The quantitative estimate of drug-likeness (QED) is 0.324. The van der Waals surface area contributed by atoms with Crippen molar-refractivity contribution in [3.05, 3.63) is 76.6 Å². The lowest BCUT2D eigenvalue weighted by Crippen LogP contribution is -2.52. The molecule has 3 aliphatic heterocycles. The Balaban J connectivity index is 1.18. The third kappa shape index (κ3) is 8.80. The number of hydrogen-bond acceptors (Lipinski definition) is 6. The van der Waals surface area contributed by atoms with Crippen molar-refractivity contribution in [3.63, 3.8) is 0 Å². The summed E-state index contributed by atoms with van der Waals surface area (Å²) >= 11 is 0. The summed E-state index contributed by atoms with van der Waals surface area (Å²) in [4.78, 5) is 34.3. The summed E-state index contributed by atoms with van der Waals surface area (Å²) in [6.45, 7) is 14.7. The van der Waals surface area contributed by atoms with Crippen molar-refractivity contribution >= 4 is 23.2 Å². The van der Waals surface area contributed by atoms with Crippen molar-refractivity contribution in [3.8, 4) is 0 Å². The van der Waals surface area contributed by atoms with Crippen molar-refractivity contribution in [1.29, 1.82) is 0 Å². The minimum absolute atomic E-state index is 0.185. The number of primary amides is 1. The van der Waals surface area contributed by atoms with Gasteiger partial charge in [-0.1, -0.05) is 38.1 Å². The van der Waals surface area contributed by atoms with E-state index in [4.69, 9.17) is 11.1 Å². The molecule has 3 saturated heterocycles. The summed E-state index contributed by atoms with van der Waals surface area (Å²) in [5.74, 6) is 0.268. The minimum atomic E-state index is -0.538. The van der Waals surface area contributed by atoms with E-state index in [-0.39, 0.29) is 17.6 Å². The third-order valence-electron chi connectivity index (χ3n) is 9.50. The maximum absolute atomic E-state index is 15.4. The molecule has 2 amide bonds. The number of hydrogen-bond donors (Lipinski definition) is 3. The van der Waals surface area contributed by atoms with Crippen LogP contribution in [0.1, 0.15) is 53.7 Å². The molecular formula is C36H51FN7O2+. The van der Waals surface area contributed by atoms with Gasteiger partial charge in [0.15, 0.2) is 5.71 Å². The monoisotopic (exact) mass is 632 g/mol. The lowest BCUT2D eigenvalue weighted by molar-refractivity contribution is -0.134. The summed E-state index contributed by atoms with van der Waals surface area (Å²) in [7, 11) is 0. The largest absolute Gasteiger partial charge is 0.368 e. The van der Waals surface area contributed by atoms with Crippen molar-refractivity contribution in [1.82, 2.24) is 24.9 Å². The smallest absolute Gasteiger partial charge is 0.249 e. The van der Waals surface area contributed by atoms with E-state index in [1.807, 2.05) is 17.0 Å².